The van der Waals surface area contributed by atoms with E-state index in [0.29, 0.717) is 41.2 Å². The largest absolute Gasteiger partial charge is 0.481 e. The molecule has 2 heterocycles. The number of pyridine rings is 1. The van der Waals surface area contributed by atoms with Gasteiger partial charge in [-0.3, -0.25) is 15.1 Å². The molecule has 1 atom stereocenters. The van der Waals surface area contributed by atoms with E-state index in [1.807, 2.05) is 36.4 Å². The lowest BCUT2D eigenvalue weighted by Gasteiger charge is -2.58. The standard InChI is InChI=1S/C32H30FN3O5/c1-19-27(35-30(39)40-20(2)24-6-3-4-7-25(24)33)28(41-36-19)22-10-8-21(9-11-22)23-12-13-26(34-16-23)32(29(37)38)17-31(18-32)14-5-15-31/h3-4,6-13,16,20H,5,14-15,17-18H2,1-2H3,(H,35,39)(H,37,38). The third-order valence-electron chi connectivity index (χ3n) is 8.63. The molecule has 6 rings (SSSR count). The van der Waals surface area contributed by atoms with Crippen LogP contribution < -0.4 is 5.32 Å². The van der Waals surface area contributed by atoms with E-state index in [0.717, 1.165) is 24.0 Å². The molecular formula is C32H30FN3O5. The van der Waals surface area contributed by atoms with E-state index in [9.17, 15) is 19.1 Å². The van der Waals surface area contributed by atoms with Crippen molar-refractivity contribution in [2.45, 2.75) is 57.5 Å². The van der Waals surface area contributed by atoms with Crippen LogP contribution in [0.2, 0.25) is 0 Å². The molecule has 2 aliphatic rings. The summed E-state index contributed by atoms with van der Waals surface area (Å²) in [6.07, 6.45) is 4.90. The quantitative estimate of drug-likeness (QED) is 0.243. The molecule has 2 fully saturated rings. The van der Waals surface area contributed by atoms with Crippen molar-refractivity contribution < 1.29 is 28.3 Å². The number of amides is 1. The summed E-state index contributed by atoms with van der Waals surface area (Å²) in [5, 5.41) is 16.7. The fraction of sp³-hybridized carbons (Fsp3) is 0.312. The van der Waals surface area contributed by atoms with Crippen LogP contribution >= 0.6 is 0 Å². The van der Waals surface area contributed by atoms with Crippen molar-refractivity contribution in [2.75, 3.05) is 5.32 Å². The van der Waals surface area contributed by atoms with Crippen LogP contribution in [0, 0.1) is 18.2 Å². The Hall–Kier alpha value is -4.53. The van der Waals surface area contributed by atoms with Crippen molar-refractivity contribution in [1.82, 2.24) is 10.1 Å². The predicted molar refractivity (Wildman–Crippen MR) is 150 cm³/mol. The van der Waals surface area contributed by atoms with E-state index < -0.39 is 29.4 Å². The van der Waals surface area contributed by atoms with Crippen molar-refractivity contribution in [3.8, 4) is 22.5 Å². The summed E-state index contributed by atoms with van der Waals surface area (Å²) in [4.78, 5) is 29.4. The Morgan fingerprint density at radius 1 is 1.02 bits per heavy atom. The van der Waals surface area contributed by atoms with Gasteiger partial charge >= 0.3 is 12.1 Å². The number of rotatable bonds is 7. The number of anilines is 1. The zero-order valence-electron chi connectivity index (χ0n) is 22.8. The van der Waals surface area contributed by atoms with Crippen molar-refractivity contribution in [2.24, 2.45) is 5.41 Å². The fourth-order valence-corrected chi connectivity index (χ4v) is 6.24. The Morgan fingerprint density at radius 2 is 1.71 bits per heavy atom. The number of nitrogens with one attached hydrogen (secondary N) is 1. The van der Waals surface area contributed by atoms with Crippen molar-refractivity contribution >= 4 is 17.7 Å². The van der Waals surface area contributed by atoms with E-state index in [4.69, 9.17) is 9.26 Å². The number of aliphatic carboxylic acids is 1. The molecule has 2 aliphatic carbocycles. The third kappa shape index (κ3) is 4.75. The van der Waals surface area contributed by atoms with Gasteiger partial charge in [-0.25, -0.2) is 9.18 Å². The van der Waals surface area contributed by atoms with Gasteiger partial charge in [-0.1, -0.05) is 60.1 Å². The number of ether oxygens (including phenoxy) is 1. The highest BCUT2D eigenvalue weighted by Gasteiger charge is 2.62. The normalized spacial score (nSPS) is 17.2. The van der Waals surface area contributed by atoms with Gasteiger partial charge in [0.2, 0.25) is 0 Å². The maximum Gasteiger partial charge on any atom is 0.412 e. The zero-order chi connectivity index (χ0) is 28.8. The molecule has 0 bridgehead atoms. The Labute approximate surface area is 236 Å². The summed E-state index contributed by atoms with van der Waals surface area (Å²) in [7, 11) is 0. The number of carboxylic acid groups (broad SMARTS) is 1. The first-order chi connectivity index (χ1) is 19.7. The topological polar surface area (TPSA) is 115 Å². The summed E-state index contributed by atoms with van der Waals surface area (Å²) in [5.41, 5.74) is 3.47. The van der Waals surface area contributed by atoms with Gasteiger partial charge in [-0.15, -0.1) is 0 Å². The van der Waals surface area contributed by atoms with Crippen molar-refractivity contribution in [3.63, 3.8) is 0 Å². The van der Waals surface area contributed by atoms with Crippen LogP contribution in [-0.2, 0) is 14.9 Å². The molecular weight excluding hydrogens is 525 g/mol. The first-order valence-electron chi connectivity index (χ1n) is 13.7. The molecule has 2 saturated carbocycles. The van der Waals surface area contributed by atoms with E-state index in [2.05, 4.69) is 15.5 Å². The summed E-state index contributed by atoms with van der Waals surface area (Å²) >= 11 is 0. The number of halogens is 1. The number of benzene rings is 2. The van der Waals surface area contributed by atoms with E-state index in [1.54, 1.807) is 38.2 Å². The maximum absolute atomic E-state index is 14.1. The minimum absolute atomic E-state index is 0.205. The second-order valence-corrected chi connectivity index (χ2v) is 11.3. The summed E-state index contributed by atoms with van der Waals surface area (Å²) in [6, 6.07) is 17.3. The third-order valence-corrected chi connectivity index (χ3v) is 8.63. The second-order valence-electron chi connectivity index (χ2n) is 11.3. The zero-order valence-corrected chi connectivity index (χ0v) is 22.8. The van der Waals surface area contributed by atoms with E-state index >= 15 is 0 Å². The van der Waals surface area contributed by atoms with Gasteiger partial charge in [0.25, 0.3) is 0 Å². The van der Waals surface area contributed by atoms with Crippen LogP contribution in [0.25, 0.3) is 22.5 Å². The molecule has 1 spiro atoms. The highest BCUT2D eigenvalue weighted by molar-refractivity contribution is 5.91. The molecule has 210 valence electrons. The highest BCUT2D eigenvalue weighted by atomic mass is 19.1. The number of carbonyl (C=O) groups is 2. The van der Waals surface area contributed by atoms with Gasteiger partial charge in [-0.2, -0.15) is 0 Å². The fourth-order valence-electron chi connectivity index (χ4n) is 6.24. The number of aryl methyl sites for hydroxylation is 1. The number of carbonyl (C=O) groups excluding carboxylic acids is 1. The molecule has 0 radical (unpaired) electrons. The van der Waals surface area contributed by atoms with Crippen LogP contribution in [-0.4, -0.2) is 27.3 Å². The van der Waals surface area contributed by atoms with Gasteiger partial charge in [0, 0.05) is 22.9 Å². The molecule has 2 aromatic carbocycles. The number of carboxylic acids is 1. The first kappa shape index (κ1) is 26.7. The van der Waals surface area contributed by atoms with Gasteiger partial charge in [0.15, 0.2) is 5.76 Å². The monoisotopic (exact) mass is 555 g/mol. The molecule has 4 aromatic rings. The number of nitrogens with zero attached hydrogens (tertiary/aromatic N) is 2. The van der Waals surface area contributed by atoms with Crippen molar-refractivity contribution in [1.29, 1.82) is 0 Å². The van der Waals surface area contributed by atoms with Gasteiger partial charge < -0.3 is 14.4 Å². The van der Waals surface area contributed by atoms with Crippen LogP contribution in [0.15, 0.2) is 71.4 Å². The molecule has 1 unspecified atom stereocenters. The number of hydrogen-bond acceptors (Lipinski definition) is 6. The smallest absolute Gasteiger partial charge is 0.412 e. The molecule has 1 amide bonds. The molecule has 8 nitrogen and oxygen atoms in total. The highest BCUT2D eigenvalue weighted by Crippen LogP contribution is 2.64. The number of aromatic nitrogens is 2. The van der Waals surface area contributed by atoms with Gasteiger partial charge in [0.1, 0.15) is 28.7 Å². The van der Waals surface area contributed by atoms with Crippen molar-refractivity contribution in [3.05, 3.63) is 89.6 Å². The number of hydrogen-bond donors (Lipinski definition) is 2. The summed E-state index contributed by atoms with van der Waals surface area (Å²) in [5.74, 6) is -0.889. The minimum Gasteiger partial charge on any atom is -0.481 e. The second kappa shape index (κ2) is 10.1. The maximum atomic E-state index is 14.1. The Kier molecular flexibility index (Phi) is 6.60. The van der Waals surface area contributed by atoms with Crippen LogP contribution in [0.4, 0.5) is 14.9 Å². The molecule has 0 saturated heterocycles. The molecule has 0 aliphatic heterocycles. The predicted octanol–water partition coefficient (Wildman–Crippen LogP) is 7.45. The van der Waals surface area contributed by atoms with Crippen LogP contribution in [0.5, 0.6) is 0 Å². The van der Waals surface area contributed by atoms with E-state index in [1.165, 1.54) is 12.5 Å². The average molecular weight is 556 g/mol. The molecule has 2 aromatic heterocycles. The lowest BCUT2D eigenvalue weighted by atomic mass is 9.44. The molecule has 2 N–H and O–H groups in total. The molecule has 9 heteroatoms. The van der Waals surface area contributed by atoms with Crippen LogP contribution in [0.3, 0.4) is 0 Å². The van der Waals surface area contributed by atoms with Gasteiger partial charge in [-0.05, 0) is 62.6 Å². The van der Waals surface area contributed by atoms with Crippen LogP contribution in [0.1, 0.15) is 62.1 Å². The Morgan fingerprint density at radius 3 is 2.32 bits per heavy atom. The lowest BCUT2D eigenvalue weighted by Crippen LogP contribution is -2.57. The average Bonchev–Trinajstić information content (AvgIpc) is 3.27. The lowest BCUT2D eigenvalue weighted by molar-refractivity contribution is -0.160. The SMILES string of the molecule is Cc1noc(-c2ccc(-c3ccc(C4(C(=O)O)CC5(CCC5)C4)nc3)cc2)c1NC(=O)OC(C)c1ccccc1F. The first-order valence-corrected chi connectivity index (χ1v) is 13.7. The minimum atomic E-state index is -0.884. The Bertz CT molecular complexity index is 1600. The summed E-state index contributed by atoms with van der Waals surface area (Å²) < 4.78 is 25.0. The van der Waals surface area contributed by atoms with Gasteiger partial charge in [0.05, 0.1) is 5.69 Å². The molecule has 41 heavy (non-hydrogen) atoms. The summed E-state index contributed by atoms with van der Waals surface area (Å²) in [6.45, 7) is 3.29. The Balaban J connectivity index is 1.16. The van der Waals surface area contributed by atoms with E-state index in [-0.39, 0.29) is 11.0 Å².